The molecule has 0 aromatic rings. The van der Waals surface area contributed by atoms with E-state index < -0.39 is 0 Å². The number of hydrogen-bond donors (Lipinski definition) is 0. The molecule has 0 aromatic heterocycles. The molecule has 2 fully saturated rings. The predicted molar refractivity (Wildman–Crippen MR) is 38.3 cm³/mol. The summed E-state index contributed by atoms with van der Waals surface area (Å²) >= 11 is 2.19. The van der Waals surface area contributed by atoms with E-state index in [1.807, 2.05) is 0 Å². The number of thioether (sulfide) groups is 1. The monoisotopic (exact) mass is 128 g/mol. The van der Waals surface area contributed by atoms with Gasteiger partial charge in [-0.25, -0.2) is 0 Å². The Balaban J connectivity index is 1.95. The van der Waals surface area contributed by atoms with Crippen LogP contribution in [0.15, 0.2) is 0 Å². The van der Waals surface area contributed by atoms with Gasteiger partial charge in [0, 0.05) is 10.5 Å². The summed E-state index contributed by atoms with van der Waals surface area (Å²) in [6.45, 7) is 0. The molecule has 1 saturated carbocycles. The van der Waals surface area contributed by atoms with Crippen molar-refractivity contribution < 1.29 is 0 Å². The van der Waals surface area contributed by atoms with Crippen LogP contribution in [0.3, 0.4) is 0 Å². The van der Waals surface area contributed by atoms with Crippen LogP contribution in [-0.2, 0) is 0 Å². The molecular formula is C7H12S. The topological polar surface area (TPSA) is 0 Å². The van der Waals surface area contributed by atoms with Crippen molar-refractivity contribution >= 4 is 11.8 Å². The SMILES string of the molecule is C1CCC2(CC1)CS2. The van der Waals surface area contributed by atoms with E-state index in [-0.39, 0.29) is 0 Å². The highest BCUT2D eigenvalue weighted by molar-refractivity contribution is 8.07. The summed E-state index contributed by atoms with van der Waals surface area (Å²) in [6, 6.07) is 0. The van der Waals surface area contributed by atoms with Crippen LogP contribution >= 0.6 is 11.8 Å². The molecule has 1 spiro atoms. The number of hydrogen-bond acceptors (Lipinski definition) is 1. The molecule has 46 valence electrons. The lowest BCUT2D eigenvalue weighted by molar-refractivity contribution is 0.456. The van der Waals surface area contributed by atoms with Crippen molar-refractivity contribution in [2.75, 3.05) is 5.75 Å². The third kappa shape index (κ3) is 0.771. The predicted octanol–water partition coefficient (Wildman–Crippen LogP) is 2.44. The second-order valence-electron chi connectivity index (χ2n) is 3.03. The highest BCUT2D eigenvalue weighted by Crippen LogP contribution is 2.54. The molecule has 1 saturated heterocycles. The van der Waals surface area contributed by atoms with Gasteiger partial charge in [0.2, 0.25) is 0 Å². The second kappa shape index (κ2) is 1.66. The summed E-state index contributed by atoms with van der Waals surface area (Å²) in [6.07, 6.45) is 7.57. The van der Waals surface area contributed by atoms with Crippen molar-refractivity contribution in [1.82, 2.24) is 0 Å². The number of rotatable bonds is 0. The molecular weight excluding hydrogens is 116 g/mol. The summed E-state index contributed by atoms with van der Waals surface area (Å²) in [7, 11) is 0. The van der Waals surface area contributed by atoms with Crippen LogP contribution in [0, 0.1) is 0 Å². The lowest BCUT2D eigenvalue weighted by atomic mass is 9.91. The molecule has 0 aromatic carbocycles. The van der Waals surface area contributed by atoms with Gasteiger partial charge in [-0.1, -0.05) is 19.3 Å². The maximum Gasteiger partial charge on any atom is 0.0251 e. The van der Waals surface area contributed by atoms with Crippen molar-refractivity contribution in [3.8, 4) is 0 Å². The Labute approximate surface area is 55.0 Å². The Hall–Kier alpha value is 0.350. The molecule has 0 N–H and O–H groups in total. The first kappa shape index (κ1) is 5.16. The smallest absolute Gasteiger partial charge is 0.0251 e. The summed E-state index contributed by atoms with van der Waals surface area (Å²) in [5.74, 6) is 1.48. The fraction of sp³-hybridized carbons (Fsp3) is 1.00. The van der Waals surface area contributed by atoms with Gasteiger partial charge < -0.3 is 0 Å². The quantitative estimate of drug-likeness (QED) is 0.451. The summed E-state index contributed by atoms with van der Waals surface area (Å²) < 4.78 is 0.845. The van der Waals surface area contributed by atoms with Crippen LogP contribution < -0.4 is 0 Å². The zero-order chi connectivity index (χ0) is 5.45. The highest BCUT2D eigenvalue weighted by atomic mass is 32.2. The minimum absolute atomic E-state index is 0.845. The Morgan fingerprint density at radius 3 is 2.00 bits per heavy atom. The van der Waals surface area contributed by atoms with Crippen LogP contribution in [0.2, 0.25) is 0 Å². The van der Waals surface area contributed by atoms with Gasteiger partial charge in [-0.05, 0) is 12.8 Å². The molecule has 2 aliphatic rings. The van der Waals surface area contributed by atoms with Crippen molar-refractivity contribution in [2.45, 2.75) is 36.9 Å². The average Bonchev–Trinajstić information content (AvgIpc) is 2.52. The molecule has 8 heavy (non-hydrogen) atoms. The van der Waals surface area contributed by atoms with Gasteiger partial charge in [-0.2, -0.15) is 11.8 Å². The van der Waals surface area contributed by atoms with Gasteiger partial charge in [0.1, 0.15) is 0 Å². The lowest BCUT2D eigenvalue weighted by Crippen LogP contribution is -2.12. The molecule has 0 amide bonds. The van der Waals surface area contributed by atoms with Crippen molar-refractivity contribution in [1.29, 1.82) is 0 Å². The fourth-order valence-corrected chi connectivity index (χ4v) is 2.66. The Morgan fingerprint density at radius 2 is 1.62 bits per heavy atom. The largest absolute Gasteiger partial charge is 0.153 e. The molecule has 0 unspecified atom stereocenters. The maximum absolute atomic E-state index is 2.19. The Kier molecular flexibility index (Phi) is 1.07. The zero-order valence-electron chi connectivity index (χ0n) is 5.15. The molecule has 0 nitrogen and oxygen atoms in total. The van der Waals surface area contributed by atoms with E-state index in [9.17, 15) is 0 Å². The van der Waals surface area contributed by atoms with Crippen molar-refractivity contribution in [2.24, 2.45) is 0 Å². The van der Waals surface area contributed by atoms with Crippen molar-refractivity contribution in [3.05, 3.63) is 0 Å². The third-order valence-electron chi connectivity index (χ3n) is 2.32. The van der Waals surface area contributed by atoms with Gasteiger partial charge in [0.25, 0.3) is 0 Å². The first-order chi connectivity index (χ1) is 3.91. The zero-order valence-corrected chi connectivity index (χ0v) is 5.97. The summed E-state index contributed by atoms with van der Waals surface area (Å²) in [5.41, 5.74) is 0. The summed E-state index contributed by atoms with van der Waals surface area (Å²) in [5, 5.41) is 0. The standard InChI is InChI=1S/C7H12S/c1-2-4-7(5-3-1)6-8-7/h1-6H2. The van der Waals surface area contributed by atoms with Crippen LogP contribution in [-0.4, -0.2) is 10.5 Å². The Bertz CT molecular complexity index is 86.6. The van der Waals surface area contributed by atoms with Gasteiger partial charge >= 0.3 is 0 Å². The van der Waals surface area contributed by atoms with E-state index in [0.29, 0.717) is 0 Å². The van der Waals surface area contributed by atoms with Crippen LogP contribution in [0.25, 0.3) is 0 Å². The minimum Gasteiger partial charge on any atom is -0.153 e. The second-order valence-corrected chi connectivity index (χ2v) is 4.48. The molecule has 1 heterocycles. The average molecular weight is 128 g/mol. The van der Waals surface area contributed by atoms with Gasteiger partial charge in [-0.15, -0.1) is 0 Å². The van der Waals surface area contributed by atoms with E-state index >= 15 is 0 Å². The normalized spacial score (nSPS) is 33.0. The Morgan fingerprint density at radius 1 is 1.00 bits per heavy atom. The molecule has 0 radical (unpaired) electrons. The van der Waals surface area contributed by atoms with Gasteiger partial charge in [-0.3, -0.25) is 0 Å². The molecule has 2 rings (SSSR count). The lowest BCUT2D eigenvalue weighted by Gasteiger charge is -2.17. The van der Waals surface area contributed by atoms with E-state index in [1.165, 1.54) is 37.9 Å². The fourth-order valence-electron chi connectivity index (χ4n) is 1.59. The maximum atomic E-state index is 2.19. The van der Waals surface area contributed by atoms with E-state index in [4.69, 9.17) is 0 Å². The molecule has 0 bridgehead atoms. The first-order valence-electron chi connectivity index (χ1n) is 3.55. The van der Waals surface area contributed by atoms with Gasteiger partial charge in [0.05, 0.1) is 0 Å². The van der Waals surface area contributed by atoms with Gasteiger partial charge in [0.15, 0.2) is 0 Å². The summed E-state index contributed by atoms with van der Waals surface area (Å²) in [4.78, 5) is 0. The van der Waals surface area contributed by atoms with Crippen LogP contribution in [0.5, 0.6) is 0 Å². The third-order valence-corrected chi connectivity index (χ3v) is 3.83. The first-order valence-corrected chi connectivity index (χ1v) is 4.54. The molecule has 1 heteroatoms. The van der Waals surface area contributed by atoms with E-state index in [0.717, 1.165) is 4.75 Å². The molecule has 1 aliphatic carbocycles. The molecule has 0 atom stereocenters. The van der Waals surface area contributed by atoms with E-state index in [1.54, 1.807) is 0 Å². The highest BCUT2D eigenvalue weighted by Gasteiger charge is 2.43. The van der Waals surface area contributed by atoms with Crippen LogP contribution in [0.1, 0.15) is 32.1 Å². The van der Waals surface area contributed by atoms with Crippen LogP contribution in [0.4, 0.5) is 0 Å². The van der Waals surface area contributed by atoms with Crippen molar-refractivity contribution in [3.63, 3.8) is 0 Å². The minimum atomic E-state index is 0.845. The molecule has 1 aliphatic heterocycles. The van der Waals surface area contributed by atoms with E-state index in [2.05, 4.69) is 11.8 Å².